The van der Waals surface area contributed by atoms with Gasteiger partial charge < -0.3 is 15.5 Å². The molecule has 0 heterocycles. The van der Waals surface area contributed by atoms with Crippen LogP contribution in [0.1, 0.15) is 19.4 Å². The van der Waals surface area contributed by atoms with Gasteiger partial charge in [0.05, 0.1) is 11.4 Å². The van der Waals surface area contributed by atoms with Crippen molar-refractivity contribution >= 4 is 17.1 Å². The van der Waals surface area contributed by atoms with Gasteiger partial charge in [0.2, 0.25) is 0 Å². The Labute approximate surface area is 128 Å². The minimum Gasteiger partial charge on any atom is -0.397 e. The number of rotatable bonds is 6. The first-order valence-electron chi connectivity index (χ1n) is 7.55. The summed E-state index contributed by atoms with van der Waals surface area (Å²) < 4.78 is 0. The van der Waals surface area contributed by atoms with Gasteiger partial charge in [0.1, 0.15) is 0 Å². The molecule has 0 atom stereocenters. The second kappa shape index (κ2) is 7.02. The van der Waals surface area contributed by atoms with E-state index in [0.717, 1.165) is 31.0 Å². The first-order valence-corrected chi connectivity index (χ1v) is 7.55. The maximum atomic E-state index is 6.25. The number of nitrogens with zero attached hydrogens (tertiary/aromatic N) is 2. The maximum absolute atomic E-state index is 6.25. The summed E-state index contributed by atoms with van der Waals surface area (Å²) in [5.41, 5.74) is 10.6. The van der Waals surface area contributed by atoms with Crippen LogP contribution in [0.25, 0.3) is 0 Å². The van der Waals surface area contributed by atoms with E-state index in [9.17, 15) is 0 Å². The highest BCUT2D eigenvalue weighted by Crippen LogP contribution is 2.28. The second-order valence-electron chi connectivity index (χ2n) is 5.26. The Kier molecular flexibility index (Phi) is 5.09. The molecule has 0 saturated carbocycles. The lowest BCUT2D eigenvalue weighted by Gasteiger charge is -2.25. The Bertz CT molecular complexity index is 562. The van der Waals surface area contributed by atoms with Crippen LogP contribution in [0.4, 0.5) is 17.1 Å². The molecule has 0 aliphatic heterocycles. The van der Waals surface area contributed by atoms with Crippen molar-refractivity contribution in [2.75, 3.05) is 35.7 Å². The van der Waals surface area contributed by atoms with E-state index in [2.05, 4.69) is 73.2 Å². The Morgan fingerprint density at radius 1 is 0.952 bits per heavy atom. The lowest BCUT2D eigenvalue weighted by atomic mass is 10.1. The summed E-state index contributed by atoms with van der Waals surface area (Å²) in [6.45, 7) is 7.17. The van der Waals surface area contributed by atoms with Crippen LogP contribution < -0.4 is 15.5 Å². The van der Waals surface area contributed by atoms with Crippen molar-refractivity contribution in [3.8, 4) is 0 Å². The summed E-state index contributed by atoms with van der Waals surface area (Å²) in [6.07, 6.45) is 0. The molecular formula is C18H25N3. The molecule has 112 valence electrons. The summed E-state index contributed by atoms with van der Waals surface area (Å²) in [6, 6.07) is 16.8. The van der Waals surface area contributed by atoms with E-state index < -0.39 is 0 Å². The standard InChI is InChI=1S/C18H25N3/c1-4-21(5-2)16-11-12-18(17(19)13-16)20(3)14-15-9-7-6-8-10-15/h6-13H,4-5,14,19H2,1-3H3. The summed E-state index contributed by atoms with van der Waals surface area (Å²) in [4.78, 5) is 4.49. The van der Waals surface area contributed by atoms with Crippen LogP contribution in [0.3, 0.4) is 0 Å². The van der Waals surface area contributed by atoms with Crippen LogP contribution in [0.5, 0.6) is 0 Å². The zero-order chi connectivity index (χ0) is 15.2. The van der Waals surface area contributed by atoms with E-state index in [0.29, 0.717) is 0 Å². The van der Waals surface area contributed by atoms with Crippen molar-refractivity contribution in [2.45, 2.75) is 20.4 Å². The van der Waals surface area contributed by atoms with Gasteiger partial charge >= 0.3 is 0 Å². The topological polar surface area (TPSA) is 32.5 Å². The number of nitrogens with two attached hydrogens (primary N) is 1. The first kappa shape index (κ1) is 15.2. The van der Waals surface area contributed by atoms with E-state index in [1.165, 1.54) is 11.3 Å². The van der Waals surface area contributed by atoms with Gasteiger partial charge in [-0.3, -0.25) is 0 Å². The van der Waals surface area contributed by atoms with Crippen molar-refractivity contribution in [2.24, 2.45) is 0 Å². The lowest BCUT2D eigenvalue weighted by molar-refractivity contribution is 0.865. The molecule has 21 heavy (non-hydrogen) atoms. The van der Waals surface area contributed by atoms with Crippen molar-refractivity contribution in [1.82, 2.24) is 0 Å². The Morgan fingerprint density at radius 2 is 1.62 bits per heavy atom. The summed E-state index contributed by atoms with van der Waals surface area (Å²) in [7, 11) is 2.08. The summed E-state index contributed by atoms with van der Waals surface area (Å²) >= 11 is 0. The van der Waals surface area contributed by atoms with Gasteiger partial charge in [0, 0.05) is 32.4 Å². The van der Waals surface area contributed by atoms with Crippen molar-refractivity contribution < 1.29 is 0 Å². The van der Waals surface area contributed by atoms with Gasteiger partial charge in [-0.1, -0.05) is 30.3 Å². The minimum atomic E-state index is 0.831. The zero-order valence-electron chi connectivity index (χ0n) is 13.2. The molecule has 2 aromatic rings. The molecule has 0 aromatic heterocycles. The predicted molar refractivity (Wildman–Crippen MR) is 93.0 cm³/mol. The van der Waals surface area contributed by atoms with Crippen LogP contribution in [-0.2, 0) is 6.54 Å². The van der Waals surface area contributed by atoms with Crippen LogP contribution in [0.15, 0.2) is 48.5 Å². The molecule has 3 nitrogen and oxygen atoms in total. The van der Waals surface area contributed by atoms with Gasteiger partial charge in [-0.2, -0.15) is 0 Å². The van der Waals surface area contributed by atoms with Crippen LogP contribution in [0.2, 0.25) is 0 Å². The third kappa shape index (κ3) is 3.69. The maximum Gasteiger partial charge on any atom is 0.0601 e. The third-order valence-corrected chi connectivity index (χ3v) is 3.81. The van der Waals surface area contributed by atoms with E-state index >= 15 is 0 Å². The minimum absolute atomic E-state index is 0.831. The summed E-state index contributed by atoms with van der Waals surface area (Å²) in [5.74, 6) is 0. The molecule has 0 bridgehead atoms. The molecule has 2 N–H and O–H groups in total. The Balaban J connectivity index is 2.16. The fraction of sp³-hybridized carbons (Fsp3) is 0.333. The molecule has 0 radical (unpaired) electrons. The predicted octanol–water partition coefficient (Wildman–Crippen LogP) is 3.75. The fourth-order valence-electron chi connectivity index (χ4n) is 2.62. The quantitative estimate of drug-likeness (QED) is 0.819. The highest BCUT2D eigenvalue weighted by molar-refractivity contribution is 5.73. The van der Waals surface area contributed by atoms with Crippen LogP contribution in [0, 0.1) is 0 Å². The molecule has 2 rings (SSSR count). The largest absolute Gasteiger partial charge is 0.397 e. The van der Waals surface area contributed by atoms with E-state index in [1.807, 2.05) is 6.07 Å². The normalized spacial score (nSPS) is 10.4. The van der Waals surface area contributed by atoms with Gasteiger partial charge in [-0.15, -0.1) is 0 Å². The lowest BCUT2D eigenvalue weighted by Crippen LogP contribution is -2.22. The highest BCUT2D eigenvalue weighted by Gasteiger charge is 2.09. The molecule has 0 spiro atoms. The smallest absolute Gasteiger partial charge is 0.0601 e. The molecule has 2 aromatic carbocycles. The molecule has 0 amide bonds. The Morgan fingerprint density at radius 3 is 2.19 bits per heavy atom. The van der Waals surface area contributed by atoms with E-state index in [-0.39, 0.29) is 0 Å². The molecule has 0 fully saturated rings. The number of anilines is 3. The van der Waals surface area contributed by atoms with Gasteiger partial charge in [-0.25, -0.2) is 0 Å². The monoisotopic (exact) mass is 283 g/mol. The second-order valence-corrected chi connectivity index (χ2v) is 5.26. The van der Waals surface area contributed by atoms with Crippen molar-refractivity contribution in [3.63, 3.8) is 0 Å². The molecule has 3 heteroatoms. The van der Waals surface area contributed by atoms with Crippen LogP contribution >= 0.6 is 0 Å². The van der Waals surface area contributed by atoms with Gasteiger partial charge in [-0.05, 0) is 37.6 Å². The average molecular weight is 283 g/mol. The number of hydrogen-bond donors (Lipinski definition) is 1. The SMILES string of the molecule is CCN(CC)c1ccc(N(C)Cc2ccccc2)c(N)c1. The molecule has 0 aliphatic rings. The highest BCUT2D eigenvalue weighted by atomic mass is 15.1. The number of benzene rings is 2. The average Bonchev–Trinajstić information content (AvgIpc) is 2.49. The number of nitrogen functional groups attached to an aromatic ring is 1. The summed E-state index contributed by atoms with van der Waals surface area (Å²) in [5, 5.41) is 0. The first-order chi connectivity index (χ1) is 10.2. The molecule has 0 unspecified atom stereocenters. The van der Waals surface area contributed by atoms with Crippen LogP contribution in [-0.4, -0.2) is 20.1 Å². The Hall–Kier alpha value is -2.16. The van der Waals surface area contributed by atoms with E-state index in [1.54, 1.807) is 0 Å². The van der Waals surface area contributed by atoms with Crippen molar-refractivity contribution in [1.29, 1.82) is 0 Å². The van der Waals surface area contributed by atoms with Gasteiger partial charge in [0.15, 0.2) is 0 Å². The zero-order valence-corrected chi connectivity index (χ0v) is 13.2. The fourth-order valence-corrected chi connectivity index (χ4v) is 2.62. The molecular weight excluding hydrogens is 258 g/mol. The molecule has 0 aliphatic carbocycles. The number of hydrogen-bond acceptors (Lipinski definition) is 3. The van der Waals surface area contributed by atoms with Gasteiger partial charge in [0.25, 0.3) is 0 Å². The molecule has 0 saturated heterocycles. The van der Waals surface area contributed by atoms with Crippen molar-refractivity contribution in [3.05, 3.63) is 54.1 Å². The van der Waals surface area contributed by atoms with E-state index in [4.69, 9.17) is 5.73 Å². The third-order valence-electron chi connectivity index (χ3n) is 3.81.